The number of carboxylic acid groups (broad SMARTS) is 1. The summed E-state index contributed by atoms with van der Waals surface area (Å²) in [6.45, 7) is 0. The van der Waals surface area contributed by atoms with Crippen molar-refractivity contribution >= 4 is 38.8 Å². The van der Waals surface area contributed by atoms with Crippen LogP contribution in [0.1, 0.15) is 10.4 Å². The molecule has 0 saturated carbocycles. The second-order valence-electron chi connectivity index (χ2n) is 2.01. The predicted octanol–water partition coefficient (Wildman–Crippen LogP) is 2.52. The standard InChI is InChI=1S/C7H4ClIO3/c8-4-1-2-6(9-12)5(3-4)7(10)11/h1-3H,(H,10,11). The van der Waals surface area contributed by atoms with Crippen molar-refractivity contribution in [3.05, 3.63) is 32.4 Å². The first-order chi connectivity index (χ1) is 5.65. The van der Waals surface area contributed by atoms with Gasteiger partial charge in [-0.15, -0.1) is 0 Å². The summed E-state index contributed by atoms with van der Waals surface area (Å²) in [5.41, 5.74) is 0.0327. The van der Waals surface area contributed by atoms with Gasteiger partial charge in [0.25, 0.3) is 0 Å². The summed E-state index contributed by atoms with van der Waals surface area (Å²) in [5.74, 6) is -1.09. The van der Waals surface area contributed by atoms with Gasteiger partial charge in [-0.2, -0.15) is 0 Å². The lowest BCUT2D eigenvalue weighted by Gasteiger charge is -1.97. The Balaban J connectivity index is 3.30. The zero-order valence-corrected chi connectivity index (χ0v) is 8.67. The minimum atomic E-state index is -1.45. The normalized spacial score (nSPS) is 9.75. The quantitative estimate of drug-likeness (QED) is 0.854. The molecule has 3 nitrogen and oxygen atoms in total. The number of carboxylic acids is 1. The second kappa shape index (κ2) is 3.95. The SMILES string of the molecule is O=Ic1ccc(Cl)cc1C(=O)O. The van der Waals surface area contributed by atoms with Gasteiger partial charge in [0.1, 0.15) is 0 Å². The van der Waals surface area contributed by atoms with E-state index in [1.807, 2.05) is 0 Å². The molecule has 0 unspecified atom stereocenters. The van der Waals surface area contributed by atoms with Crippen LogP contribution in [0.25, 0.3) is 0 Å². The van der Waals surface area contributed by atoms with E-state index in [1.165, 1.54) is 18.2 Å². The molecule has 0 heterocycles. The van der Waals surface area contributed by atoms with E-state index in [2.05, 4.69) is 0 Å². The number of halogens is 2. The van der Waals surface area contributed by atoms with E-state index >= 15 is 0 Å². The van der Waals surface area contributed by atoms with Gasteiger partial charge in [0.15, 0.2) is 21.2 Å². The molecule has 1 N–H and O–H groups in total. The maximum absolute atomic E-state index is 10.6. The summed E-state index contributed by atoms with van der Waals surface area (Å²) in [6, 6.07) is 4.31. The van der Waals surface area contributed by atoms with Crippen LogP contribution in [0.2, 0.25) is 5.02 Å². The predicted molar refractivity (Wildman–Crippen MR) is 51.8 cm³/mol. The highest BCUT2D eigenvalue weighted by Crippen LogP contribution is 2.20. The van der Waals surface area contributed by atoms with Gasteiger partial charge in [-0.1, -0.05) is 11.6 Å². The number of hydrogen-bond donors (Lipinski definition) is 1. The zero-order valence-electron chi connectivity index (χ0n) is 5.75. The van der Waals surface area contributed by atoms with Crippen LogP contribution in [0, 0.1) is 3.57 Å². The van der Waals surface area contributed by atoms with E-state index < -0.39 is 27.2 Å². The van der Waals surface area contributed by atoms with Crippen molar-refractivity contribution in [3.8, 4) is 0 Å². The Hall–Kier alpha value is -0.490. The van der Waals surface area contributed by atoms with Gasteiger partial charge in [-0.25, -0.2) is 4.79 Å². The summed E-state index contributed by atoms with van der Waals surface area (Å²) >= 11 is 4.12. The molecule has 1 rings (SSSR count). The van der Waals surface area contributed by atoms with Crippen LogP contribution >= 0.6 is 32.8 Å². The van der Waals surface area contributed by atoms with E-state index in [4.69, 9.17) is 16.7 Å². The number of rotatable bonds is 2. The van der Waals surface area contributed by atoms with Crippen molar-refractivity contribution in [2.24, 2.45) is 0 Å². The molecule has 0 aliphatic rings. The lowest BCUT2D eigenvalue weighted by atomic mass is 10.2. The molecule has 0 aliphatic carbocycles. The first-order valence-electron chi connectivity index (χ1n) is 2.95. The number of aromatic carboxylic acids is 1. The minimum absolute atomic E-state index is 0.0327. The highest BCUT2D eigenvalue weighted by atomic mass is 127. The fourth-order valence-corrected chi connectivity index (χ4v) is 1.85. The van der Waals surface area contributed by atoms with Crippen molar-refractivity contribution in [1.29, 1.82) is 0 Å². The summed E-state index contributed by atoms with van der Waals surface area (Å²) in [7, 11) is 0. The molecular weight excluding hydrogens is 294 g/mol. The van der Waals surface area contributed by atoms with Crippen molar-refractivity contribution in [1.82, 2.24) is 0 Å². The van der Waals surface area contributed by atoms with Crippen molar-refractivity contribution in [2.75, 3.05) is 0 Å². The van der Waals surface area contributed by atoms with Gasteiger partial charge in [-0.05, 0) is 18.2 Å². The minimum Gasteiger partial charge on any atom is -0.478 e. The summed E-state index contributed by atoms with van der Waals surface area (Å²) in [6.07, 6.45) is 0. The summed E-state index contributed by atoms with van der Waals surface area (Å²) in [4.78, 5) is 10.6. The molecule has 0 spiro atoms. The fraction of sp³-hybridized carbons (Fsp3) is 0. The topological polar surface area (TPSA) is 54.4 Å². The third-order valence-corrected chi connectivity index (χ3v) is 2.89. The van der Waals surface area contributed by atoms with E-state index in [0.29, 0.717) is 8.59 Å². The molecule has 0 aliphatic heterocycles. The fourth-order valence-electron chi connectivity index (χ4n) is 0.729. The summed E-state index contributed by atoms with van der Waals surface area (Å²) < 4.78 is 10.9. The molecule has 1 aromatic rings. The first-order valence-corrected chi connectivity index (χ1v) is 5.29. The first kappa shape index (κ1) is 9.60. The van der Waals surface area contributed by atoms with Crippen LogP contribution in [-0.4, -0.2) is 11.1 Å². The maximum Gasteiger partial charge on any atom is 0.336 e. The van der Waals surface area contributed by atoms with Gasteiger partial charge in [0.05, 0.1) is 9.13 Å². The van der Waals surface area contributed by atoms with Gasteiger partial charge < -0.3 is 5.11 Å². The van der Waals surface area contributed by atoms with Crippen molar-refractivity contribution in [3.63, 3.8) is 0 Å². The molecule has 0 amide bonds. The Morgan fingerprint density at radius 3 is 2.67 bits per heavy atom. The highest BCUT2D eigenvalue weighted by Gasteiger charge is 2.09. The smallest absolute Gasteiger partial charge is 0.336 e. The average Bonchev–Trinajstić information content (AvgIpc) is 2.04. The monoisotopic (exact) mass is 298 g/mol. The number of carbonyl (C=O) groups is 1. The van der Waals surface area contributed by atoms with Crippen molar-refractivity contribution in [2.45, 2.75) is 0 Å². The Morgan fingerprint density at radius 2 is 2.17 bits per heavy atom. The second-order valence-corrected chi connectivity index (χ2v) is 4.05. The Bertz CT molecular complexity index is 337. The van der Waals surface area contributed by atoms with Crippen LogP contribution < -0.4 is 0 Å². The molecule has 5 heteroatoms. The van der Waals surface area contributed by atoms with E-state index in [0.717, 1.165) is 0 Å². The van der Waals surface area contributed by atoms with Gasteiger partial charge in [-0.3, -0.25) is 3.07 Å². The van der Waals surface area contributed by atoms with E-state index in [-0.39, 0.29) is 5.56 Å². The molecule has 0 fully saturated rings. The average molecular weight is 298 g/mol. The van der Waals surface area contributed by atoms with Crippen molar-refractivity contribution < 1.29 is 13.0 Å². The van der Waals surface area contributed by atoms with Gasteiger partial charge in [0.2, 0.25) is 0 Å². The zero-order chi connectivity index (χ0) is 9.14. The highest BCUT2D eigenvalue weighted by molar-refractivity contribution is 14.1. The molecule has 0 aromatic heterocycles. The number of benzene rings is 1. The maximum atomic E-state index is 10.6. The molecule has 0 radical (unpaired) electrons. The Kier molecular flexibility index (Phi) is 3.16. The van der Waals surface area contributed by atoms with Crippen LogP contribution in [0.4, 0.5) is 0 Å². The lowest BCUT2D eigenvalue weighted by Crippen LogP contribution is -1.99. The largest absolute Gasteiger partial charge is 0.478 e. The van der Waals surface area contributed by atoms with Gasteiger partial charge >= 0.3 is 5.97 Å². The Morgan fingerprint density at radius 1 is 1.50 bits per heavy atom. The lowest BCUT2D eigenvalue weighted by molar-refractivity contribution is 0.0695. The van der Waals surface area contributed by atoms with Crippen LogP contribution in [0.15, 0.2) is 18.2 Å². The molecule has 1 aromatic carbocycles. The van der Waals surface area contributed by atoms with Crippen LogP contribution in [-0.2, 0) is 3.07 Å². The van der Waals surface area contributed by atoms with E-state index in [1.54, 1.807) is 0 Å². The molecule has 64 valence electrons. The van der Waals surface area contributed by atoms with Crippen LogP contribution in [0.3, 0.4) is 0 Å². The summed E-state index contributed by atoms with van der Waals surface area (Å²) in [5, 5.41) is 8.98. The molecular formula is C7H4ClIO3. The van der Waals surface area contributed by atoms with E-state index in [9.17, 15) is 7.86 Å². The Labute approximate surface area is 84.0 Å². The molecule has 0 bridgehead atoms. The molecule has 0 atom stereocenters. The molecule has 0 saturated heterocycles. The van der Waals surface area contributed by atoms with Gasteiger partial charge in [0, 0.05) is 5.02 Å². The van der Waals surface area contributed by atoms with Crippen LogP contribution in [0.5, 0.6) is 0 Å². The third-order valence-electron chi connectivity index (χ3n) is 1.24. The number of hydrogen-bond acceptors (Lipinski definition) is 2. The third kappa shape index (κ3) is 2.01. The molecule has 12 heavy (non-hydrogen) atoms.